The summed E-state index contributed by atoms with van der Waals surface area (Å²) in [6.45, 7) is 4.01. The quantitative estimate of drug-likeness (QED) is 0.933. The van der Waals surface area contributed by atoms with E-state index < -0.39 is 41.3 Å². The Labute approximate surface area is 120 Å². The fourth-order valence-corrected chi connectivity index (χ4v) is 1.81. The van der Waals surface area contributed by atoms with Crippen molar-refractivity contribution in [3.63, 3.8) is 0 Å². The number of amides is 1. The highest BCUT2D eigenvalue weighted by Gasteiger charge is 2.38. The van der Waals surface area contributed by atoms with E-state index >= 15 is 0 Å². The lowest BCUT2D eigenvalue weighted by atomic mass is 10.0. The van der Waals surface area contributed by atoms with Crippen molar-refractivity contribution in [2.24, 2.45) is 0 Å². The summed E-state index contributed by atoms with van der Waals surface area (Å²) in [6, 6.07) is 4.34. The molecule has 0 aliphatic heterocycles. The summed E-state index contributed by atoms with van der Waals surface area (Å²) in [7, 11) is 0. The number of hydrogen-bond acceptors (Lipinski definition) is 2. The molecule has 0 saturated heterocycles. The molecule has 0 heterocycles. The van der Waals surface area contributed by atoms with Crippen LogP contribution < -0.4 is 0 Å². The molecule has 0 bridgehead atoms. The first-order valence-electron chi connectivity index (χ1n) is 6.14. The fourth-order valence-electron chi connectivity index (χ4n) is 1.81. The maximum absolute atomic E-state index is 12.9. The van der Waals surface area contributed by atoms with E-state index in [1.165, 1.54) is 12.1 Å². The molecule has 0 atom stereocenters. The zero-order chi connectivity index (χ0) is 16.4. The summed E-state index contributed by atoms with van der Waals surface area (Å²) in [4.78, 5) is 24.1. The van der Waals surface area contributed by atoms with E-state index in [2.05, 4.69) is 0 Å². The molecule has 116 valence electrons. The highest BCUT2D eigenvalue weighted by molar-refractivity contribution is 5.97. The van der Waals surface area contributed by atoms with Crippen LogP contribution >= 0.6 is 0 Å². The fraction of sp³-hybridized carbons (Fsp3) is 0.429. The van der Waals surface area contributed by atoms with Crippen LogP contribution in [0.4, 0.5) is 13.2 Å². The lowest BCUT2D eigenvalue weighted by molar-refractivity contribution is -0.138. The van der Waals surface area contributed by atoms with Gasteiger partial charge >= 0.3 is 12.1 Å². The van der Waals surface area contributed by atoms with Gasteiger partial charge in [-0.25, -0.2) is 0 Å². The molecule has 0 aromatic heterocycles. The minimum Gasteiger partial charge on any atom is -0.480 e. The van der Waals surface area contributed by atoms with Crippen molar-refractivity contribution in [1.29, 1.82) is 0 Å². The number of carboxylic acids is 1. The number of nitrogens with zero attached hydrogens (tertiary/aromatic N) is 1. The SMILES string of the molecule is CC(C)(C)N(CC(=O)O)C(=O)c1ccccc1C(F)(F)F. The average molecular weight is 303 g/mol. The van der Waals surface area contributed by atoms with Crippen LogP contribution in [0.25, 0.3) is 0 Å². The number of carboxylic acid groups (broad SMARTS) is 1. The van der Waals surface area contributed by atoms with Crippen LogP contribution in [-0.2, 0) is 11.0 Å². The van der Waals surface area contributed by atoms with Gasteiger partial charge in [0.25, 0.3) is 5.91 Å². The zero-order valence-electron chi connectivity index (χ0n) is 11.9. The maximum Gasteiger partial charge on any atom is 0.417 e. The van der Waals surface area contributed by atoms with Gasteiger partial charge in [0.1, 0.15) is 6.54 Å². The summed E-state index contributed by atoms with van der Waals surface area (Å²) in [6.07, 6.45) is -4.68. The number of hydrogen-bond donors (Lipinski definition) is 1. The van der Waals surface area contributed by atoms with Gasteiger partial charge < -0.3 is 10.0 Å². The normalized spacial score (nSPS) is 12.1. The van der Waals surface area contributed by atoms with E-state index in [1.54, 1.807) is 20.8 Å². The smallest absolute Gasteiger partial charge is 0.417 e. The van der Waals surface area contributed by atoms with Crippen LogP contribution in [0, 0.1) is 0 Å². The Morgan fingerprint density at radius 2 is 1.67 bits per heavy atom. The van der Waals surface area contributed by atoms with Crippen molar-refractivity contribution in [3.8, 4) is 0 Å². The molecule has 0 aliphatic carbocycles. The second kappa shape index (κ2) is 5.75. The first-order chi connectivity index (χ1) is 9.44. The maximum atomic E-state index is 12.9. The molecule has 7 heteroatoms. The second-order valence-corrected chi connectivity index (χ2v) is 5.50. The molecule has 1 N–H and O–H groups in total. The molecule has 1 aromatic rings. The van der Waals surface area contributed by atoms with Gasteiger partial charge in [0.2, 0.25) is 0 Å². The Kier molecular flexibility index (Phi) is 4.65. The monoisotopic (exact) mass is 303 g/mol. The van der Waals surface area contributed by atoms with Crippen molar-refractivity contribution < 1.29 is 27.9 Å². The largest absolute Gasteiger partial charge is 0.480 e. The summed E-state index contributed by atoms with van der Waals surface area (Å²) < 4.78 is 38.8. The van der Waals surface area contributed by atoms with Crippen LogP contribution in [0.15, 0.2) is 24.3 Å². The van der Waals surface area contributed by atoms with E-state index in [0.717, 1.165) is 17.0 Å². The zero-order valence-corrected chi connectivity index (χ0v) is 11.9. The lowest BCUT2D eigenvalue weighted by Gasteiger charge is -2.35. The predicted octanol–water partition coefficient (Wildman–Crippen LogP) is 3.03. The molecule has 1 rings (SSSR count). The van der Waals surface area contributed by atoms with Crippen molar-refractivity contribution >= 4 is 11.9 Å². The number of carbonyl (C=O) groups is 2. The standard InChI is InChI=1S/C14H16F3NO3/c1-13(2,3)18(8-11(19)20)12(21)9-6-4-5-7-10(9)14(15,16)17/h4-7H,8H2,1-3H3,(H,19,20). The molecule has 1 aromatic carbocycles. The molecular formula is C14H16F3NO3. The molecule has 21 heavy (non-hydrogen) atoms. The van der Waals surface area contributed by atoms with Gasteiger partial charge in [-0.05, 0) is 32.9 Å². The third kappa shape index (κ3) is 4.21. The van der Waals surface area contributed by atoms with Crippen LogP contribution in [-0.4, -0.2) is 34.0 Å². The Balaban J connectivity index is 3.31. The first kappa shape index (κ1) is 17.0. The van der Waals surface area contributed by atoms with Gasteiger partial charge in [-0.2, -0.15) is 13.2 Å². The molecule has 0 spiro atoms. The van der Waals surface area contributed by atoms with Gasteiger partial charge in [0.05, 0.1) is 11.1 Å². The predicted molar refractivity (Wildman–Crippen MR) is 69.9 cm³/mol. The number of benzene rings is 1. The van der Waals surface area contributed by atoms with E-state index in [1.807, 2.05) is 0 Å². The molecule has 0 fully saturated rings. The van der Waals surface area contributed by atoms with Crippen LogP contribution in [0.3, 0.4) is 0 Å². The number of alkyl halides is 3. The summed E-state index contributed by atoms with van der Waals surface area (Å²) in [5.74, 6) is -2.25. The van der Waals surface area contributed by atoms with Crippen molar-refractivity contribution in [1.82, 2.24) is 4.90 Å². The van der Waals surface area contributed by atoms with Gasteiger partial charge in [0.15, 0.2) is 0 Å². The molecule has 0 saturated carbocycles. The molecule has 0 aliphatic rings. The summed E-state index contributed by atoms with van der Waals surface area (Å²) in [5, 5.41) is 8.86. The van der Waals surface area contributed by atoms with Crippen LogP contribution in [0.2, 0.25) is 0 Å². The molecule has 0 unspecified atom stereocenters. The Bertz CT molecular complexity index is 547. The lowest BCUT2D eigenvalue weighted by Crippen LogP contribution is -2.48. The molecule has 4 nitrogen and oxygen atoms in total. The molecule has 1 amide bonds. The highest BCUT2D eigenvalue weighted by atomic mass is 19.4. The second-order valence-electron chi connectivity index (χ2n) is 5.50. The average Bonchev–Trinajstić information content (AvgIpc) is 2.32. The van der Waals surface area contributed by atoms with Crippen LogP contribution in [0.5, 0.6) is 0 Å². The molecule has 0 radical (unpaired) electrons. The number of rotatable bonds is 3. The molecular weight excluding hydrogens is 287 g/mol. The third-order valence-corrected chi connectivity index (χ3v) is 2.81. The first-order valence-corrected chi connectivity index (χ1v) is 6.14. The minimum atomic E-state index is -4.68. The van der Waals surface area contributed by atoms with E-state index in [-0.39, 0.29) is 0 Å². The van der Waals surface area contributed by atoms with Crippen molar-refractivity contribution in [3.05, 3.63) is 35.4 Å². The third-order valence-electron chi connectivity index (χ3n) is 2.81. The van der Waals surface area contributed by atoms with Crippen molar-refractivity contribution in [2.75, 3.05) is 6.54 Å². The number of halogens is 3. The van der Waals surface area contributed by atoms with Crippen molar-refractivity contribution in [2.45, 2.75) is 32.5 Å². The van der Waals surface area contributed by atoms with E-state index in [9.17, 15) is 22.8 Å². The number of carbonyl (C=O) groups excluding carboxylic acids is 1. The topological polar surface area (TPSA) is 57.6 Å². The summed E-state index contributed by atoms with van der Waals surface area (Å²) in [5.41, 5.74) is -2.55. The van der Waals surface area contributed by atoms with E-state index in [0.29, 0.717) is 0 Å². The Hall–Kier alpha value is -2.05. The van der Waals surface area contributed by atoms with Gasteiger partial charge in [0, 0.05) is 5.54 Å². The highest BCUT2D eigenvalue weighted by Crippen LogP contribution is 2.33. The summed E-state index contributed by atoms with van der Waals surface area (Å²) >= 11 is 0. The minimum absolute atomic E-state index is 0.554. The number of aliphatic carboxylic acids is 1. The Morgan fingerprint density at radius 1 is 1.14 bits per heavy atom. The van der Waals surface area contributed by atoms with E-state index in [4.69, 9.17) is 5.11 Å². The van der Waals surface area contributed by atoms with Gasteiger partial charge in [-0.1, -0.05) is 12.1 Å². The van der Waals surface area contributed by atoms with Gasteiger partial charge in [-0.3, -0.25) is 9.59 Å². The Morgan fingerprint density at radius 3 is 2.10 bits per heavy atom. The van der Waals surface area contributed by atoms with Gasteiger partial charge in [-0.15, -0.1) is 0 Å². The van der Waals surface area contributed by atoms with Crippen LogP contribution in [0.1, 0.15) is 36.7 Å².